The summed E-state index contributed by atoms with van der Waals surface area (Å²) >= 11 is 0. The summed E-state index contributed by atoms with van der Waals surface area (Å²) in [5.41, 5.74) is 2.49. The van der Waals surface area contributed by atoms with E-state index in [4.69, 9.17) is 0 Å². The van der Waals surface area contributed by atoms with E-state index in [2.05, 4.69) is 15.4 Å². The summed E-state index contributed by atoms with van der Waals surface area (Å²) < 4.78 is 5.55. The fraction of sp³-hybridized carbons (Fsp3) is 0.167. The van der Waals surface area contributed by atoms with Crippen molar-refractivity contribution in [1.82, 2.24) is 29.2 Å². The monoisotopic (exact) mass is 334 g/mol. The predicted molar refractivity (Wildman–Crippen MR) is 94.4 cm³/mol. The van der Waals surface area contributed by atoms with Gasteiger partial charge in [0.05, 0.1) is 23.8 Å². The summed E-state index contributed by atoms with van der Waals surface area (Å²) in [6, 6.07) is 11.7. The molecule has 1 aromatic carbocycles. The summed E-state index contributed by atoms with van der Waals surface area (Å²) in [7, 11) is 3.77. The summed E-state index contributed by atoms with van der Waals surface area (Å²) in [6.07, 6.45) is 5.36. The van der Waals surface area contributed by atoms with Crippen molar-refractivity contribution in [2.45, 2.75) is 6.54 Å². The standard InChI is InChI=1S/C18H18N6O/c1-22-15-8-4-3-7-14(15)21-16(22)12-19-17(25)13-11-20-23(2)18(13)24-9-5-6-10-24/h3-11H,12H2,1-2H3,(H,19,25). The van der Waals surface area contributed by atoms with Crippen molar-refractivity contribution in [3.63, 3.8) is 0 Å². The summed E-state index contributed by atoms with van der Waals surface area (Å²) in [4.78, 5) is 17.2. The molecular weight excluding hydrogens is 316 g/mol. The lowest BCUT2D eigenvalue weighted by molar-refractivity contribution is 0.0949. The van der Waals surface area contributed by atoms with Gasteiger partial charge >= 0.3 is 0 Å². The van der Waals surface area contributed by atoms with Crippen LogP contribution >= 0.6 is 0 Å². The minimum absolute atomic E-state index is 0.177. The zero-order valence-corrected chi connectivity index (χ0v) is 14.0. The third kappa shape index (κ3) is 2.59. The van der Waals surface area contributed by atoms with Crippen molar-refractivity contribution in [2.75, 3.05) is 0 Å². The Morgan fingerprint density at radius 1 is 1.12 bits per heavy atom. The number of nitrogens with zero attached hydrogens (tertiary/aromatic N) is 5. The molecule has 0 unspecified atom stereocenters. The van der Waals surface area contributed by atoms with Crippen LogP contribution in [0.3, 0.4) is 0 Å². The Labute approximate surface area is 144 Å². The first-order valence-corrected chi connectivity index (χ1v) is 7.99. The first-order chi connectivity index (χ1) is 12.1. The van der Waals surface area contributed by atoms with Crippen molar-refractivity contribution in [2.24, 2.45) is 14.1 Å². The second-order valence-electron chi connectivity index (χ2n) is 5.85. The van der Waals surface area contributed by atoms with Gasteiger partial charge in [-0.15, -0.1) is 0 Å². The third-order valence-electron chi connectivity index (χ3n) is 4.29. The van der Waals surface area contributed by atoms with Crippen molar-refractivity contribution in [1.29, 1.82) is 0 Å². The molecule has 25 heavy (non-hydrogen) atoms. The molecule has 0 aliphatic rings. The smallest absolute Gasteiger partial charge is 0.257 e. The van der Waals surface area contributed by atoms with Crippen LogP contribution < -0.4 is 5.32 Å². The van der Waals surface area contributed by atoms with Crippen LogP contribution in [0.15, 0.2) is 55.0 Å². The van der Waals surface area contributed by atoms with Crippen molar-refractivity contribution in [3.05, 3.63) is 66.4 Å². The van der Waals surface area contributed by atoms with E-state index in [9.17, 15) is 4.79 Å². The van der Waals surface area contributed by atoms with Crippen LogP contribution in [0.4, 0.5) is 0 Å². The van der Waals surface area contributed by atoms with E-state index >= 15 is 0 Å². The average Bonchev–Trinajstić information content (AvgIpc) is 3.33. The zero-order chi connectivity index (χ0) is 17.4. The molecule has 0 radical (unpaired) electrons. The molecule has 0 spiro atoms. The highest BCUT2D eigenvalue weighted by molar-refractivity contribution is 5.97. The number of nitrogens with one attached hydrogen (secondary N) is 1. The number of carbonyl (C=O) groups excluding carboxylic acids is 1. The Kier molecular flexibility index (Phi) is 3.61. The molecule has 1 N–H and O–H groups in total. The van der Waals surface area contributed by atoms with Crippen LogP contribution in [0, 0.1) is 0 Å². The first kappa shape index (κ1) is 15.2. The third-order valence-corrected chi connectivity index (χ3v) is 4.29. The van der Waals surface area contributed by atoms with Gasteiger partial charge in [-0.05, 0) is 24.3 Å². The maximum absolute atomic E-state index is 12.7. The molecule has 3 aromatic heterocycles. The molecule has 7 heteroatoms. The van der Waals surface area contributed by atoms with E-state index in [1.54, 1.807) is 10.9 Å². The summed E-state index contributed by atoms with van der Waals surface area (Å²) in [6.45, 7) is 0.351. The van der Waals surface area contributed by atoms with Crippen LogP contribution in [0.1, 0.15) is 16.2 Å². The van der Waals surface area contributed by atoms with Crippen LogP contribution in [-0.2, 0) is 20.6 Å². The highest BCUT2D eigenvalue weighted by Gasteiger charge is 2.18. The molecule has 0 saturated heterocycles. The predicted octanol–water partition coefficient (Wildman–Crippen LogP) is 2.03. The Morgan fingerprint density at radius 2 is 1.88 bits per heavy atom. The maximum atomic E-state index is 12.7. The number of aryl methyl sites for hydroxylation is 2. The molecule has 0 aliphatic carbocycles. The number of hydrogen-bond donors (Lipinski definition) is 1. The van der Waals surface area contributed by atoms with Crippen LogP contribution in [-0.4, -0.2) is 29.8 Å². The molecule has 0 fully saturated rings. The molecule has 126 valence electrons. The molecule has 4 rings (SSSR count). The van der Waals surface area contributed by atoms with Gasteiger partial charge < -0.3 is 14.5 Å². The molecule has 0 bridgehead atoms. The van der Waals surface area contributed by atoms with E-state index in [0.717, 1.165) is 22.7 Å². The van der Waals surface area contributed by atoms with Crippen molar-refractivity contribution < 1.29 is 4.79 Å². The Balaban J connectivity index is 1.58. The number of aromatic nitrogens is 5. The second-order valence-corrected chi connectivity index (χ2v) is 5.85. The number of carbonyl (C=O) groups is 1. The van der Waals surface area contributed by atoms with Gasteiger partial charge in [0.2, 0.25) is 0 Å². The van der Waals surface area contributed by atoms with Gasteiger partial charge in [0.15, 0.2) is 0 Å². The van der Waals surface area contributed by atoms with Crippen LogP contribution in [0.5, 0.6) is 0 Å². The van der Waals surface area contributed by atoms with E-state index in [1.807, 2.05) is 72.0 Å². The summed E-state index contributed by atoms with van der Waals surface area (Å²) in [5.74, 6) is 1.36. The van der Waals surface area contributed by atoms with Crippen LogP contribution in [0.2, 0.25) is 0 Å². The van der Waals surface area contributed by atoms with Gasteiger partial charge in [0, 0.05) is 26.5 Å². The van der Waals surface area contributed by atoms with Gasteiger partial charge in [0.1, 0.15) is 17.2 Å². The number of imidazole rings is 1. The molecule has 1 amide bonds. The number of para-hydroxylation sites is 2. The first-order valence-electron chi connectivity index (χ1n) is 7.99. The largest absolute Gasteiger partial charge is 0.345 e. The lowest BCUT2D eigenvalue weighted by atomic mass is 10.3. The van der Waals surface area contributed by atoms with Gasteiger partial charge in [0.25, 0.3) is 5.91 Å². The highest BCUT2D eigenvalue weighted by atomic mass is 16.1. The van der Waals surface area contributed by atoms with E-state index < -0.39 is 0 Å². The normalized spacial score (nSPS) is 11.1. The minimum Gasteiger partial charge on any atom is -0.345 e. The molecule has 0 atom stereocenters. The Morgan fingerprint density at radius 3 is 2.64 bits per heavy atom. The van der Waals surface area contributed by atoms with Gasteiger partial charge in [-0.1, -0.05) is 12.1 Å². The van der Waals surface area contributed by atoms with E-state index in [-0.39, 0.29) is 5.91 Å². The fourth-order valence-corrected chi connectivity index (χ4v) is 2.98. The molecule has 7 nitrogen and oxygen atoms in total. The molecule has 0 aliphatic heterocycles. The second kappa shape index (κ2) is 5.94. The molecule has 0 saturated carbocycles. The minimum atomic E-state index is -0.177. The van der Waals surface area contributed by atoms with Gasteiger partial charge in [-0.3, -0.25) is 9.48 Å². The quantitative estimate of drug-likeness (QED) is 0.621. The highest BCUT2D eigenvalue weighted by Crippen LogP contribution is 2.16. The Bertz CT molecular complexity index is 1040. The Hall–Kier alpha value is -3.35. The summed E-state index contributed by atoms with van der Waals surface area (Å²) in [5, 5.41) is 7.16. The van der Waals surface area contributed by atoms with Crippen LogP contribution in [0.25, 0.3) is 16.9 Å². The number of amides is 1. The average molecular weight is 334 g/mol. The zero-order valence-electron chi connectivity index (χ0n) is 14.0. The topological polar surface area (TPSA) is 69.7 Å². The fourth-order valence-electron chi connectivity index (χ4n) is 2.98. The number of hydrogen-bond acceptors (Lipinski definition) is 3. The van der Waals surface area contributed by atoms with Crippen molar-refractivity contribution >= 4 is 16.9 Å². The molecular formula is C18H18N6O. The van der Waals surface area contributed by atoms with Crippen molar-refractivity contribution in [3.8, 4) is 5.82 Å². The number of benzene rings is 1. The van der Waals surface area contributed by atoms with Gasteiger partial charge in [-0.2, -0.15) is 5.10 Å². The number of fused-ring (bicyclic) bond motifs is 1. The number of rotatable bonds is 4. The SMILES string of the molecule is Cn1ncc(C(=O)NCc2nc3ccccc3n2C)c1-n1cccc1. The molecule has 3 heterocycles. The van der Waals surface area contributed by atoms with Gasteiger partial charge in [-0.25, -0.2) is 4.98 Å². The lowest BCUT2D eigenvalue weighted by Gasteiger charge is -2.08. The molecule has 4 aromatic rings. The lowest BCUT2D eigenvalue weighted by Crippen LogP contribution is -2.25. The van der Waals surface area contributed by atoms with E-state index in [1.165, 1.54) is 0 Å². The maximum Gasteiger partial charge on any atom is 0.257 e. The van der Waals surface area contributed by atoms with E-state index in [0.29, 0.717) is 12.1 Å².